The molecule has 0 bridgehead atoms. The number of halogens is 1. The number of carboxylic acid groups (broad SMARTS) is 1. The van der Waals surface area contributed by atoms with Crippen molar-refractivity contribution in [2.24, 2.45) is 0 Å². The fourth-order valence-corrected chi connectivity index (χ4v) is 3.40. The van der Waals surface area contributed by atoms with E-state index in [1.165, 1.54) is 0 Å². The zero-order valence-corrected chi connectivity index (χ0v) is 16.8. The molecular formula is C23H23ClN2O2. The molecule has 0 fully saturated rings. The van der Waals surface area contributed by atoms with Gasteiger partial charge in [-0.15, -0.1) is 0 Å². The summed E-state index contributed by atoms with van der Waals surface area (Å²) in [4.78, 5) is 20.7. The van der Waals surface area contributed by atoms with E-state index in [0.29, 0.717) is 23.7 Å². The van der Waals surface area contributed by atoms with Crippen molar-refractivity contribution >= 4 is 17.6 Å². The maximum Gasteiger partial charge on any atom is 0.310 e. The van der Waals surface area contributed by atoms with Gasteiger partial charge in [-0.3, -0.25) is 4.79 Å². The van der Waals surface area contributed by atoms with Gasteiger partial charge in [0.15, 0.2) is 5.82 Å². The van der Waals surface area contributed by atoms with Crippen LogP contribution in [0.5, 0.6) is 0 Å². The van der Waals surface area contributed by atoms with E-state index in [-0.39, 0.29) is 0 Å². The van der Waals surface area contributed by atoms with Gasteiger partial charge in [0.25, 0.3) is 0 Å². The third kappa shape index (κ3) is 4.76. The Labute approximate surface area is 170 Å². The predicted octanol–water partition coefficient (Wildman–Crippen LogP) is 5.53. The second-order valence-corrected chi connectivity index (χ2v) is 7.19. The van der Waals surface area contributed by atoms with Gasteiger partial charge in [-0.1, -0.05) is 61.8 Å². The van der Waals surface area contributed by atoms with Crippen LogP contribution in [0, 0.1) is 0 Å². The molecule has 0 aliphatic heterocycles. The number of carboxylic acids is 1. The first kappa shape index (κ1) is 20.0. The molecule has 28 heavy (non-hydrogen) atoms. The van der Waals surface area contributed by atoms with Gasteiger partial charge in [-0.2, -0.15) is 0 Å². The molecule has 2 aromatic carbocycles. The Bertz CT molecular complexity index is 971. The summed E-state index contributed by atoms with van der Waals surface area (Å²) in [5.74, 6) is -0.579. The zero-order chi connectivity index (χ0) is 20.1. The van der Waals surface area contributed by atoms with Crippen LogP contribution in [0.25, 0.3) is 11.4 Å². The number of benzene rings is 2. The van der Waals surface area contributed by atoms with E-state index < -0.39 is 11.9 Å². The third-order valence-corrected chi connectivity index (χ3v) is 4.99. The van der Waals surface area contributed by atoms with Crippen molar-refractivity contribution in [3.05, 3.63) is 82.1 Å². The van der Waals surface area contributed by atoms with Gasteiger partial charge in [0.2, 0.25) is 0 Å². The second kappa shape index (κ2) is 8.98. The molecule has 0 saturated carbocycles. The predicted molar refractivity (Wildman–Crippen MR) is 112 cm³/mol. The molecule has 1 aromatic heterocycles. The number of carbonyl (C=O) groups is 1. The fourth-order valence-electron chi connectivity index (χ4n) is 3.21. The Morgan fingerprint density at radius 2 is 1.75 bits per heavy atom. The minimum Gasteiger partial charge on any atom is -0.481 e. The number of hydrogen-bond acceptors (Lipinski definition) is 3. The molecule has 4 nitrogen and oxygen atoms in total. The maximum atomic E-state index is 11.3. The van der Waals surface area contributed by atoms with Gasteiger partial charge in [-0.25, -0.2) is 9.97 Å². The molecule has 0 spiro atoms. The lowest BCUT2D eigenvalue weighted by molar-refractivity contribution is -0.138. The van der Waals surface area contributed by atoms with E-state index in [1.54, 1.807) is 0 Å². The number of aromatic nitrogens is 2. The highest BCUT2D eigenvalue weighted by atomic mass is 35.5. The molecule has 144 valence electrons. The number of nitrogens with zero attached hydrogens (tertiary/aromatic N) is 2. The first-order valence-corrected chi connectivity index (χ1v) is 9.82. The number of rotatable bonds is 7. The van der Waals surface area contributed by atoms with Gasteiger partial charge in [0, 0.05) is 28.4 Å². The average molecular weight is 395 g/mol. The summed E-state index contributed by atoms with van der Waals surface area (Å²) >= 11 is 6.12. The largest absolute Gasteiger partial charge is 0.481 e. The molecule has 3 rings (SSSR count). The van der Waals surface area contributed by atoms with Gasteiger partial charge < -0.3 is 5.11 Å². The van der Waals surface area contributed by atoms with E-state index in [4.69, 9.17) is 16.6 Å². The number of aliphatic carboxylic acids is 1. The van der Waals surface area contributed by atoms with Crippen LogP contribution in [0.3, 0.4) is 0 Å². The van der Waals surface area contributed by atoms with Crippen LogP contribution in [0.4, 0.5) is 0 Å². The van der Waals surface area contributed by atoms with Crippen LogP contribution in [-0.2, 0) is 17.6 Å². The Morgan fingerprint density at radius 3 is 2.36 bits per heavy atom. The monoisotopic (exact) mass is 394 g/mol. The number of aryl methyl sites for hydroxylation is 1. The molecule has 0 aliphatic rings. The summed E-state index contributed by atoms with van der Waals surface area (Å²) < 4.78 is 0. The second-order valence-electron chi connectivity index (χ2n) is 6.76. The van der Waals surface area contributed by atoms with Gasteiger partial charge in [0.1, 0.15) is 0 Å². The van der Waals surface area contributed by atoms with Crippen LogP contribution >= 0.6 is 11.6 Å². The smallest absolute Gasteiger partial charge is 0.310 e. The first-order valence-electron chi connectivity index (χ1n) is 9.44. The van der Waals surface area contributed by atoms with Gasteiger partial charge in [-0.05, 0) is 42.2 Å². The molecule has 1 atom stereocenters. The number of hydrogen-bond donors (Lipinski definition) is 1. The molecule has 0 aliphatic carbocycles. The minimum atomic E-state index is -0.787. The van der Waals surface area contributed by atoms with Crippen molar-refractivity contribution in [1.82, 2.24) is 9.97 Å². The van der Waals surface area contributed by atoms with E-state index in [2.05, 4.69) is 11.9 Å². The molecular weight excluding hydrogens is 372 g/mol. The SMILES string of the molecule is CCc1cc(Cc2ccc(C(CC)C(=O)O)cc2)nc(-c2cccc(Cl)c2)n1. The molecule has 5 heteroatoms. The average Bonchev–Trinajstić information content (AvgIpc) is 2.69. The van der Waals surface area contributed by atoms with Gasteiger partial charge >= 0.3 is 5.97 Å². The summed E-state index contributed by atoms with van der Waals surface area (Å²) in [6.07, 6.45) is 2.05. The Kier molecular flexibility index (Phi) is 6.42. The lowest BCUT2D eigenvalue weighted by atomic mass is 9.95. The maximum absolute atomic E-state index is 11.3. The van der Waals surface area contributed by atoms with E-state index in [0.717, 1.165) is 34.5 Å². The zero-order valence-electron chi connectivity index (χ0n) is 16.0. The fraction of sp³-hybridized carbons (Fsp3) is 0.261. The summed E-state index contributed by atoms with van der Waals surface area (Å²) in [6.45, 7) is 3.96. The van der Waals surface area contributed by atoms with Crippen LogP contribution in [0.15, 0.2) is 54.6 Å². The van der Waals surface area contributed by atoms with Crippen molar-refractivity contribution < 1.29 is 9.90 Å². The lowest BCUT2D eigenvalue weighted by Crippen LogP contribution is -2.10. The highest BCUT2D eigenvalue weighted by Gasteiger charge is 2.17. The molecule has 3 aromatic rings. The van der Waals surface area contributed by atoms with Crippen molar-refractivity contribution in [3.63, 3.8) is 0 Å². The van der Waals surface area contributed by atoms with Crippen LogP contribution in [-0.4, -0.2) is 21.0 Å². The Morgan fingerprint density at radius 1 is 1.04 bits per heavy atom. The molecule has 1 unspecified atom stereocenters. The Balaban J connectivity index is 1.88. The van der Waals surface area contributed by atoms with Crippen LogP contribution in [0.2, 0.25) is 5.02 Å². The van der Waals surface area contributed by atoms with Crippen LogP contribution in [0.1, 0.15) is 48.7 Å². The molecule has 1 N–H and O–H groups in total. The molecule has 0 radical (unpaired) electrons. The molecule has 1 heterocycles. The summed E-state index contributed by atoms with van der Waals surface area (Å²) in [7, 11) is 0. The highest BCUT2D eigenvalue weighted by Crippen LogP contribution is 2.23. The van der Waals surface area contributed by atoms with E-state index >= 15 is 0 Å². The summed E-state index contributed by atoms with van der Waals surface area (Å²) in [5, 5.41) is 9.98. The van der Waals surface area contributed by atoms with Crippen LogP contribution < -0.4 is 0 Å². The molecule has 0 amide bonds. The van der Waals surface area contributed by atoms with Crippen molar-refractivity contribution in [3.8, 4) is 11.4 Å². The molecule has 0 saturated heterocycles. The summed E-state index contributed by atoms with van der Waals surface area (Å²) in [5.41, 5.74) is 4.72. The normalized spacial score (nSPS) is 12.0. The summed E-state index contributed by atoms with van der Waals surface area (Å²) in [6, 6.07) is 17.3. The lowest BCUT2D eigenvalue weighted by Gasteiger charge is -2.11. The van der Waals surface area contributed by atoms with Crippen molar-refractivity contribution in [2.75, 3.05) is 0 Å². The van der Waals surface area contributed by atoms with Crippen molar-refractivity contribution in [2.45, 2.75) is 39.0 Å². The quantitative estimate of drug-likeness (QED) is 0.572. The van der Waals surface area contributed by atoms with Gasteiger partial charge in [0.05, 0.1) is 5.92 Å². The van der Waals surface area contributed by atoms with E-state index in [1.807, 2.05) is 61.5 Å². The standard InChI is InChI=1S/C23H23ClN2O2/c1-3-19-14-20(26-22(25-19)17-6-5-7-18(24)13-17)12-15-8-10-16(11-9-15)21(4-2)23(27)28/h5-11,13-14,21H,3-4,12H2,1-2H3,(H,27,28). The Hall–Kier alpha value is -2.72. The van der Waals surface area contributed by atoms with Crippen molar-refractivity contribution in [1.29, 1.82) is 0 Å². The first-order chi connectivity index (χ1) is 13.5. The third-order valence-electron chi connectivity index (χ3n) is 4.75. The topological polar surface area (TPSA) is 63.1 Å². The van der Waals surface area contributed by atoms with E-state index in [9.17, 15) is 9.90 Å². The highest BCUT2D eigenvalue weighted by molar-refractivity contribution is 6.30. The minimum absolute atomic E-state index is 0.464.